The van der Waals surface area contributed by atoms with Gasteiger partial charge < -0.3 is 5.73 Å². The Morgan fingerprint density at radius 3 is 2.54 bits per heavy atom. The molecule has 3 rings (SSSR count). The lowest BCUT2D eigenvalue weighted by molar-refractivity contribution is 0.0973. The number of carbonyl (C=O) groups excluding carboxylic acids is 1. The molecule has 0 fully saturated rings. The minimum Gasteiger partial charge on any atom is -0.321 e. The van der Waals surface area contributed by atoms with E-state index in [-0.39, 0.29) is 17.1 Å². The first-order valence-corrected chi connectivity index (χ1v) is 8.11. The van der Waals surface area contributed by atoms with E-state index in [1.54, 1.807) is 36.4 Å². The van der Waals surface area contributed by atoms with Crippen LogP contribution in [0.2, 0.25) is 5.02 Å². The number of thiocarbonyl (C=S) groups is 1. The Morgan fingerprint density at radius 2 is 1.88 bits per heavy atom. The third-order valence-electron chi connectivity index (χ3n) is 3.58. The van der Waals surface area contributed by atoms with E-state index in [0.717, 1.165) is 5.56 Å². The highest BCUT2D eigenvalue weighted by Gasteiger charge is 2.27. The van der Waals surface area contributed by atoms with Crippen molar-refractivity contribution >= 4 is 40.6 Å². The summed E-state index contributed by atoms with van der Waals surface area (Å²) >= 11 is 11.2. The first kappa shape index (κ1) is 16.6. The highest BCUT2D eigenvalue weighted by atomic mass is 35.5. The van der Waals surface area contributed by atoms with Gasteiger partial charge in [-0.15, -0.1) is 0 Å². The minimum absolute atomic E-state index is 0.225. The normalized spacial score (nSPS) is 16.7. The maximum Gasteiger partial charge on any atom is 0.257 e. The number of hydrogen-bond donors (Lipinski definition) is 2. The molecule has 0 saturated carbocycles. The van der Waals surface area contributed by atoms with Gasteiger partial charge in [-0.05, 0) is 42.0 Å². The van der Waals surface area contributed by atoms with E-state index >= 15 is 0 Å². The van der Waals surface area contributed by atoms with Crippen LogP contribution in [0.3, 0.4) is 0 Å². The van der Waals surface area contributed by atoms with E-state index in [1.807, 2.05) is 18.2 Å². The predicted octanol–water partition coefficient (Wildman–Crippen LogP) is 2.40. The molecule has 0 aromatic heterocycles. The van der Waals surface area contributed by atoms with Gasteiger partial charge >= 0.3 is 0 Å². The Balaban J connectivity index is 1.72. The lowest BCUT2D eigenvalue weighted by atomic mass is 10.1. The summed E-state index contributed by atoms with van der Waals surface area (Å²) in [6.07, 6.45) is 0. The number of benzene rings is 2. The quantitative estimate of drug-likeness (QED) is 0.809. The molecule has 0 bridgehead atoms. The van der Waals surface area contributed by atoms with Crippen LogP contribution in [-0.4, -0.2) is 34.3 Å². The molecular weight excluding hydrogens is 344 g/mol. The molecule has 0 aliphatic carbocycles. The number of nitrogens with two attached hydrogens (primary N) is 1. The van der Waals surface area contributed by atoms with Crippen molar-refractivity contribution in [1.29, 1.82) is 0 Å². The SMILES string of the molecule is NC1CN(C(=S)NC(=O)c2ccccc2)N=C1c1ccc(Cl)cc1. The Bertz CT molecular complexity index is 792. The Morgan fingerprint density at radius 1 is 1.21 bits per heavy atom. The second kappa shape index (κ2) is 7.09. The van der Waals surface area contributed by atoms with Gasteiger partial charge in [0.15, 0.2) is 5.11 Å². The highest BCUT2D eigenvalue weighted by Crippen LogP contribution is 2.16. The summed E-state index contributed by atoms with van der Waals surface area (Å²) in [4.78, 5) is 12.2. The van der Waals surface area contributed by atoms with Gasteiger partial charge in [-0.1, -0.05) is 41.9 Å². The van der Waals surface area contributed by atoms with Crippen LogP contribution in [0.1, 0.15) is 15.9 Å². The number of halogens is 1. The largest absolute Gasteiger partial charge is 0.321 e. The fourth-order valence-electron chi connectivity index (χ4n) is 2.36. The van der Waals surface area contributed by atoms with Crippen molar-refractivity contribution in [3.63, 3.8) is 0 Å². The summed E-state index contributed by atoms with van der Waals surface area (Å²) in [7, 11) is 0. The molecule has 0 radical (unpaired) electrons. The van der Waals surface area contributed by atoms with Crippen LogP contribution in [-0.2, 0) is 0 Å². The van der Waals surface area contributed by atoms with Gasteiger partial charge in [-0.2, -0.15) is 5.10 Å². The molecule has 0 saturated heterocycles. The first-order valence-electron chi connectivity index (χ1n) is 7.32. The topological polar surface area (TPSA) is 70.7 Å². The molecule has 2 aromatic carbocycles. The smallest absolute Gasteiger partial charge is 0.257 e. The van der Waals surface area contributed by atoms with Crippen molar-refractivity contribution < 1.29 is 4.79 Å². The Labute approximate surface area is 150 Å². The molecular formula is C17H15ClN4OS. The third kappa shape index (κ3) is 3.62. The monoisotopic (exact) mass is 358 g/mol. The van der Waals surface area contributed by atoms with Crippen molar-refractivity contribution in [2.45, 2.75) is 6.04 Å². The van der Waals surface area contributed by atoms with E-state index in [4.69, 9.17) is 29.6 Å². The zero-order valence-corrected chi connectivity index (χ0v) is 14.2. The molecule has 1 amide bonds. The molecule has 5 nitrogen and oxygen atoms in total. The molecule has 7 heteroatoms. The fourth-order valence-corrected chi connectivity index (χ4v) is 2.70. The van der Waals surface area contributed by atoms with Crippen LogP contribution in [0.15, 0.2) is 59.7 Å². The van der Waals surface area contributed by atoms with Crippen LogP contribution in [0.4, 0.5) is 0 Å². The number of hydrazone groups is 1. The lowest BCUT2D eigenvalue weighted by Gasteiger charge is -2.15. The van der Waals surface area contributed by atoms with Crippen molar-refractivity contribution in [3.8, 4) is 0 Å². The zero-order valence-electron chi connectivity index (χ0n) is 12.6. The molecule has 1 aliphatic rings. The van der Waals surface area contributed by atoms with Gasteiger partial charge in [0, 0.05) is 10.6 Å². The van der Waals surface area contributed by atoms with Crippen molar-refractivity contribution in [1.82, 2.24) is 10.3 Å². The molecule has 0 spiro atoms. The van der Waals surface area contributed by atoms with Crippen LogP contribution < -0.4 is 11.1 Å². The van der Waals surface area contributed by atoms with Gasteiger partial charge in [0.2, 0.25) is 0 Å². The van der Waals surface area contributed by atoms with E-state index < -0.39 is 0 Å². The highest BCUT2D eigenvalue weighted by molar-refractivity contribution is 7.80. The Kier molecular flexibility index (Phi) is 4.89. The standard InChI is InChI=1S/C17H15ClN4OS/c18-13-8-6-11(7-9-13)15-14(19)10-22(21-15)17(24)20-16(23)12-4-2-1-3-5-12/h1-9,14H,10,19H2,(H,20,23,24). The lowest BCUT2D eigenvalue weighted by Crippen LogP contribution is -2.42. The molecule has 3 N–H and O–H groups in total. The number of amides is 1. The van der Waals surface area contributed by atoms with Crippen molar-refractivity contribution in [2.24, 2.45) is 10.8 Å². The van der Waals surface area contributed by atoms with Gasteiger partial charge in [-0.25, -0.2) is 5.01 Å². The number of nitrogens with zero attached hydrogens (tertiary/aromatic N) is 2. The molecule has 24 heavy (non-hydrogen) atoms. The molecule has 1 aliphatic heterocycles. The number of rotatable bonds is 2. The molecule has 2 aromatic rings. The summed E-state index contributed by atoms with van der Waals surface area (Å²) in [6, 6.07) is 15.9. The van der Waals surface area contributed by atoms with Crippen LogP contribution >= 0.6 is 23.8 Å². The second-order valence-electron chi connectivity index (χ2n) is 5.31. The Hall–Kier alpha value is -2.28. The maximum absolute atomic E-state index is 12.2. The van der Waals surface area contributed by atoms with Gasteiger partial charge in [0.25, 0.3) is 5.91 Å². The number of nitrogens with one attached hydrogen (secondary N) is 1. The second-order valence-corrected chi connectivity index (χ2v) is 6.13. The van der Waals surface area contributed by atoms with E-state index in [0.29, 0.717) is 22.8 Å². The van der Waals surface area contributed by atoms with Crippen LogP contribution in [0, 0.1) is 0 Å². The van der Waals surface area contributed by atoms with Crippen molar-refractivity contribution in [2.75, 3.05) is 6.54 Å². The fraction of sp³-hybridized carbons (Fsp3) is 0.118. The molecule has 1 unspecified atom stereocenters. The number of hydrogen-bond acceptors (Lipinski definition) is 4. The predicted molar refractivity (Wildman–Crippen MR) is 99.2 cm³/mol. The average Bonchev–Trinajstić information content (AvgIpc) is 2.98. The van der Waals surface area contributed by atoms with Gasteiger partial charge in [0.05, 0.1) is 18.3 Å². The molecule has 1 heterocycles. The minimum atomic E-state index is -0.294. The maximum atomic E-state index is 12.2. The summed E-state index contributed by atoms with van der Waals surface area (Å²) in [5.74, 6) is -0.274. The van der Waals surface area contributed by atoms with E-state index in [9.17, 15) is 4.79 Å². The zero-order chi connectivity index (χ0) is 17.1. The summed E-state index contributed by atoms with van der Waals surface area (Å²) in [5.41, 5.74) is 8.27. The van der Waals surface area contributed by atoms with Gasteiger partial charge in [0.1, 0.15) is 0 Å². The average molecular weight is 359 g/mol. The summed E-state index contributed by atoms with van der Waals surface area (Å²) in [6.45, 7) is 0.409. The number of carbonyl (C=O) groups is 1. The molecule has 122 valence electrons. The van der Waals surface area contributed by atoms with Crippen LogP contribution in [0.25, 0.3) is 0 Å². The summed E-state index contributed by atoms with van der Waals surface area (Å²) in [5, 5.41) is 9.52. The van der Waals surface area contributed by atoms with Crippen LogP contribution in [0.5, 0.6) is 0 Å². The van der Waals surface area contributed by atoms with Gasteiger partial charge in [-0.3, -0.25) is 10.1 Å². The van der Waals surface area contributed by atoms with E-state index in [1.165, 1.54) is 5.01 Å². The molecule has 1 atom stereocenters. The summed E-state index contributed by atoms with van der Waals surface area (Å²) < 4.78 is 0. The van der Waals surface area contributed by atoms with Crippen molar-refractivity contribution in [3.05, 3.63) is 70.7 Å². The van der Waals surface area contributed by atoms with E-state index in [2.05, 4.69) is 10.4 Å². The first-order chi connectivity index (χ1) is 11.5. The third-order valence-corrected chi connectivity index (χ3v) is 4.14.